The molecular formula is C16H22BrClN2. The number of halogens is 2. The molecule has 1 atom stereocenters. The average Bonchev–Trinajstić information content (AvgIpc) is 2.98. The average molecular weight is 358 g/mol. The monoisotopic (exact) mass is 356 g/mol. The highest BCUT2D eigenvalue weighted by Crippen LogP contribution is 2.28. The fraction of sp³-hybridized carbons (Fsp3) is 0.625. The van der Waals surface area contributed by atoms with Crippen molar-refractivity contribution >= 4 is 27.5 Å². The van der Waals surface area contributed by atoms with E-state index in [1.165, 1.54) is 50.9 Å². The molecule has 4 heteroatoms. The van der Waals surface area contributed by atoms with Gasteiger partial charge in [0, 0.05) is 17.1 Å². The van der Waals surface area contributed by atoms with E-state index in [-0.39, 0.29) is 0 Å². The van der Waals surface area contributed by atoms with Gasteiger partial charge in [-0.1, -0.05) is 17.7 Å². The maximum absolute atomic E-state index is 6.17. The van der Waals surface area contributed by atoms with Gasteiger partial charge >= 0.3 is 0 Å². The van der Waals surface area contributed by atoms with Crippen LogP contribution in [0, 0.1) is 5.92 Å². The van der Waals surface area contributed by atoms with Crippen molar-refractivity contribution in [1.82, 2.24) is 10.2 Å². The van der Waals surface area contributed by atoms with Crippen molar-refractivity contribution in [2.45, 2.75) is 38.3 Å². The lowest BCUT2D eigenvalue weighted by molar-refractivity contribution is 0.157. The number of piperidine rings is 1. The molecule has 110 valence electrons. The van der Waals surface area contributed by atoms with Crippen molar-refractivity contribution < 1.29 is 0 Å². The molecular weight excluding hydrogens is 336 g/mol. The third kappa shape index (κ3) is 3.56. The smallest absolute Gasteiger partial charge is 0.0551 e. The highest BCUT2D eigenvalue weighted by atomic mass is 79.9. The summed E-state index contributed by atoms with van der Waals surface area (Å²) in [6.45, 7) is 4.69. The van der Waals surface area contributed by atoms with E-state index in [9.17, 15) is 0 Å². The van der Waals surface area contributed by atoms with Crippen LogP contribution in [-0.4, -0.2) is 30.6 Å². The lowest BCUT2D eigenvalue weighted by Crippen LogP contribution is -2.40. The zero-order valence-corrected chi connectivity index (χ0v) is 14.1. The molecule has 1 aromatic carbocycles. The van der Waals surface area contributed by atoms with Gasteiger partial charge in [-0.25, -0.2) is 0 Å². The summed E-state index contributed by atoms with van der Waals surface area (Å²) in [6.07, 6.45) is 5.42. The SMILES string of the molecule is Clc1cc(CN2CCC(C3CCCN3)CC2)ccc1Br. The lowest BCUT2D eigenvalue weighted by atomic mass is 9.88. The quantitative estimate of drug-likeness (QED) is 0.877. The van der Waals surface area contributed by atoms with Crippen LogP contribution in [0.5, 0.6) is 0 Å². The third-order valence-electron chi connectivity index (χ3n) is 4.69. The summed E-state index contributed by atoms with van der Waals surface area (Å²) in [4.78, 5) is 2.56. The van der Waals surface area contributed by atoms with Gasteiger partial charge in [0.15, 0.2) is 0 Å². The van der Waals surface area contributed by atoms with Crippen LogP contribution >= 0.6 is 27.5 Å². The van der Waals surface area contributed by atoms with Crippen molar-refractivity contribution in [3.05, 3.63) is 33.3 Å². The molecule has 0 aromatic heterocycles. The Morgan fingerprint density at radius 3 is 2.70 bits per heavy atom. The second kappa shape index (κ2) is 6.78. The molecule has 2 heterocycles. The molecule has 0 amide bonds. The van der Waals surface area contributed by atoms with E-state index in [1.807, 2.05) is 6.07 Å². The second-order valence-electron chi connectivity index (χ2n) is 6.06. The summed E-state index contributed by atoms with van der Waals surface area (Å²) in [7, 11) is 0. The van der Waals surface area contributed by atoms with Crippen LogP contribution in [0.4, 0.5) is 0 Å². The number of hydrogen-bond acceptors (Lipinski definition) is 2. The van der Waals surface area contributed by atoms with Gasteiger partial charge in [-0.2, -0.15) is 0 Å². The normalized spacial score (nSPS) is 25.2. The number of rotatable bonds is 3. The minimum atomic E-state index is 0.791. The Balaban J connectivity index is 1.51. The maximum Gasteiger partial charge on any atom is 0.0551 e. The van der Waals surface area contributed by atoms with Crippen LogP contribution in [0.3, 0.4) is 0 Å². The zero-order chi connectivity index (χ0) is 13.9. The third-order valence-corrected chi connectivity index (χ3v) is 5.92. The molecule has 0 spiro atoms. The first kappa shape index (κ1) is 14.8. The number of hydrogen-bond donors (Lipinski definition) is 1. The van der Waals surface area contributed by atoms with Gasteiger partial charge < -0.3 is 5.32 Å². The molecule has 2 nitrogen and oxygen atoms in total. The van der Waals surface area contributed by atoms with Crippen molar-refractivity contribution in [3.63, 3.8) is 0 Å². The molecule has 1 aromatic rings. The lowest BCUT2D eigenvalue weighted by Gasteiger charge is -2.35. The Morgan fingerprint density at radius 1 is 1.25 bits per heavy atom. The number of nitrogens with one attached hydrogen (secondary N) is 1. The summed E-state index contributed by atoms with van der Waals surface area (Å²) >= 11 is 9.61. The van der Waals surface area contributed by atoms with Crippen molar-refractivity contribution in [2.24, 2.45) is 5.92 Å². The fourth-order valence-corrected chi connectivity index (χ4v) is 3.97. The predicted octanol–water partition coefficient (Wildman–Crippen LogP) is 4.07. The van der Waals surface area contributed by atoms with Gasteiger partial charge in [0.1, 0.15) is 0 Å². The molecule has 1 N–H and O–H groups in total. The summed E-state index contributed by atoms with van der Waals surface area (Å²) in [5, 5.41) is 4.48. The minimum absolute atomic E-state index is 0.791. The molecule has 0 aliphatic carbocycles. The summed E-state index contributed by atoms with van der Waals surface area (Å²) in [5.74, 6) is 0.891. The van der Waals surface area contributed by atoms with Crippen molar-refractivity contribution in [1.29, 1.82) is 0 Å². The van der Waals surface area contributed by atoms with Gasteiger partial charge in [-0.15, -0.1) is 0 Å². The molecule has 0 saturated carbocycles. The molecule has 0 radical (unpaired) electrons. The van der Waals surface area contributed by atoms with Crippen LogP contribution < -0.4 is 5.32 Å². The molecule has 3 rings (SSSR count). The van der Waals surface area contributed by atoms with Gasteiger partial charge in [0.05, 0.1) is 5.02 Å². The van der Waals surface area contributed by atoms with Crippen LogP contribution in [-0.2, 0) is 6.54 Å². The van der Waals surface area contributed by atoms with Crippen LogP contribution in [0.1, 0.15) is 31.2 Å². The van der Waals surface area contributed by atoms with E-state index in [2.05, 4.69) is 38.3 Å². The first-order valence-electron chi connectivity index (χ1n) is 7.62. The van der Waals surface area contributed by atoms with Gasteiger partial charge in [-0.05, 0) is 84.9 Å². The highest BCUT2D eigenvalue weighted by Gasteiger charge is 2.28. The summed E-state index contributed by atoms with van der Waals surface area (Å²) in [6, 6.07) is 7.09. The summed E-state index contributed by atoms with van der Waals surface area (Å²) < 4.78 is 0.980. The molecule has 2 aliphatic heterocycles. The first-order chi connectivity index (χ1) is 9.72. The van der Waals surface area contributed by atoms with E-state index < -0.39 is 0 Å². The van der Waals surface area contributed by atoms with Crippen LogP contribution in [0.2, 0.25) is 5.02 Å². The largest absolute Gasteiger partial charge is 0.314 e. The maximum atomic E-state index is 6.17. The summed E-state index contributed by atoms with van der Waals surface area (Å²) in [5.41, 5.74) is 1.32. The molecule has 2 fully saturated rings. The Bertz CT molecular complexity index is 452. The minimum Gasteiger partial charge on any atom is -0.314 e. The number of benzene rings is 1. The topological polar surface area (TPSA) is 15.3 Å². The van der Waals surface area contributed by atoms with E-state index in [4.69, 9.17) is 11.6 Å². The van der Waals surface area contributed by atoms with Gasteiger partial charge in [-0.3, -0.25) is 4.90 Å². The Morgan fingerprint density at radius 2 is 2.05 bits per heavy atom. The Hall–Kier alpha value is -0.0900. The number of likely N-dealkylation sites (tertiary alicyclic amines) is 1. The van der Waals surface area contributed by atoms with Crippen LogP contribution in [0.15, 0.2) is 22.7 Å². The van der Waals surface area contributed by atoms with Gasteiger partial charge in [0.2, 0.25) is 0 Å². The standard InChI is InChI=1S/C16H22BrClN2/c17-14-4-3-12(10-15(14)18)11-20-8-5-13(6-9-20)16-2-1-7-19-16/h3-4,10,13,16,19H,1-2,5-9,11H2. The molecule has 20 heavy (non-hydrogen) atoms. The highest BCUT2D eigenvalue weighted by molar-refractivity contribution is 9.10. The van der Waals surface area contributed by atoms with E-state index in [0.717, 1.165) is 28.0 Å². The zero-order valence-electron chi connectivity index (χ0n) is 11.7. The molecule has 0 bridgehead atoms. The van der Waals surface area contributed by atoms with Gasteiger partial charge in [0.25, 0.3) is 0 Å². The van der Waals surface area contributed by atoms with Crippen LogP contribution in [0.25, 0.3) is 0 Å². The van der Waals surface area contributed by atoms with E-state index >= 15 is 0 Å². The second-order valence-corrected chi connectivity index (χ2v) is 7.33. The van der Waals surface area contributed by atoms with E-state index in [0.29, 0.717) is 0 Å². The first-order valence-corrected chi connectivity index (χ1v) is 8.79. The fourth-order valence-electron chi connectivity index (χ4n) is 3.52. The Kier molecular flexibility index (Phi) is 5.03. The number of nitrogens with zero attached hydrogens (tertiary/aromatic N) is 1. The van der Waals surface area contributed by atoms with Crippen molar-refractivity contribution in [3.8, 4) is 0 Å². The van der Waals surface area contributed by atoms with E-state index in [1.54, 1.807) is 0 Å². The predicted molar refractivity (Wildman–Crippen MR) is 88.2 cm³/mol. The molecule has 1 unspecified atom stereocenters. The molecule has 2 saturated heterocycles. The Labute approximate surface area is 135 Å². The van der Waals surface area contributed by atoms with Crippen molar-refractivity contribution in [2.75, 3.05) is 19.6 Å². The molecule has 2 aliphatic rings.